The highest BCUT2D eigenvalue weighted by molar-refractivity contribution is 8.93. The minimum atomic E-state index is -0.267. The van der Waals surface area contributed by atoms with Gasteiger partial charge in [-0.15, -0.1) is 22.1 Å². The van der Waals surface area contributed by atoms with Crippen molar-refractivity contribution in [3.05, 3.63) is 33.8 Å². The maximum Gasteiger partial charge on any atom is 0.269 e. The van der Waals surface area contributed by atoms with Crippen LogP contribution in [-0.2, 0) is 0 Å². The average Bonchev–Trinajstić information content (AvgIpc) is 3.13. The number of aryl methyl sites for hydroxylation is 1. The number of amides is 1. The minimum absolute atomic E-state index is 0. The summed E-state index contributed by atoms with van der Waals surface area (Å²) in [5.74, 6) is -0.267. The van der Waals surface area contributed by atoms with Gasteiger partial charge in [-0.25, -0.2) is 4.68 Å². The van der Waals surface area contributed by atoms with E-state index in [1.807, 2.05) is 0 Å². The van der Waals surface area contributed by atoms with Crippen LogP contribution >= 0.6 is 40.2 Å². The fourth-order valence-electron chi connectivity index (χ4n) is 2.65. The molecule has 2 aromatic rings. The Hall–Kier alpha value is -1.09. The molecular formula is C13H17BrCl2N6O. The lowest BCUT2D eigenvalue weighted by molar-refractivity contribution is 0.0905. The zero-order valence-corrected chi connectivity index (χ0v) is 15.6. The molecule has 1 amide bonds. The molecule has 2 aromatic heterocycles. The number of hydrogen-bond donors (Lipinski definition) is 3. The number of hydrogen-bond acceptors (Lipinski definition) is 4. The Bertz CT molecular complexity index is 674. The van der Waals surface area contributed by atoms with Crippen molar-refractivity contribution in [3.63, 3.8) is 0 Å². The maximum atomic E-state index is 12.5. The van der Waals surface area contributed by atoms with Crippen LogP contribution in [0.15, 0.2) is 12.4 Å². The number of carbonyl (C=O) groups is 1. The molecule has 0 unspecified atom stereocenters. The molecule has 0 saturated carbocycles. The van der Waals surface area contributed by atoms with Gasteiger partial charge in [-0.1, -0.05) is 28.4 Å². The summed E-state index contributed by atoms with van der Waals surface area (Å²) in [5.41, 5.74) is 0.968. The molecular weight excluding hydrogens is 407 g/mol. The normalized spacial score (nSPS) is 20.8. The molecule has 0 bridgehead atoms. The second kappa shape index (κ2) is 7.65. The third kappa shape index (κ3) is 3.71. The number of piperidine rings is 1. The van der Waals surface area contributed by atoms with Gasteiger partial charge in [0.2, 0.25) is 0 Å². The zero-order valence-electron chi connectivity index (χ0n) is 12.3. The molecule has 1 aliphatic heterocycles. The molecule has 23 heavy (non-hydrogen) atoms. The molecule has 0 radical (unpaired) electrons. The topological polar surface area (TPSA) is 87.6 Å². The Kier molecular flexibility index (Phi) is 6.07. The van der Waals surface area contributed by atoms with Crippen molar-refractivity contribution in [2.45, 2.75) is 25.4 Å². The van der Waals surface area contributed by atoms with E-state index in [0.29, 0.717) is 23.0 Å². The number of H-pyrrole nitrogens is 1. The lowest BCUT2D eigenvalue weighted by Crippen LogP contribution is -2.50. The van der Waals surface area contributed by atoms with Crippen LogP contribution in [-0.4, -0.2) is 45.0 Å². The zero-order chi connectivity index (χ0) is 15.7. The van der Waals surface area contributed by atoms with Gasteiger partial charge in [0.05, 0.1) is 28.3 Å². The van der Waals surface area contributed by atoms with Crippen molar-refractivity contribution in [1.29, 1.82) is 0 Å². The van der Waals surface area contributed by atoms with E-state index in [-0.39, 0.29) is 40.0 Å². The number of halogens is 3. The number of aromatic amines is 1. The first kappa shape index (κ1) is 18.3. The number of carbonyl (C=O) groups excluding carboxylic acids is 1. The fourth-order valence-corrected chi connectivity index (χ4v) is 3.07. The highest BCUT2D eigenvalue weighted by Crippen LogP contribution is 2.29. The van der Waals surface area contributed by atoms with Crippen LogP contribution in [0.1, 0.15) is 28.6 Å². The van der Waals surface area contributed by atoms with Crippen LogP contribution in [0, 0.1) is 6.92 Å². The van der Waals surface area contributed by atoms with E-state index in [1.165, 1.54) is 0 Å². The first-order chi connectivity index (χ1) is 10.6. The van der Waals surface area contributed by atoms with E-state index in [1.54, 1.807) is 24.0 Å². The molecule has 0 aliphatic carbocycles. The number of nitrogens with one attached hydrogen (secondary N) is 3. The molecule has 1 saturated heterocycles. The quantitative estimate of drug-likeness (QED) is 0.705. The second-order valence-corrected chi connectivity index (χ2v) is 6.03. The number of aromatic nitrogens is 4. The van der Waals surface area contributed by atoms with Gasteiger partial charge >= 0.3 is 0 Å². The van der Waals surface area contributed by atoms with Crippen molar-refractivity contribution in [2.75, 3.05) is 13.1 Å². The summed E-state index contributed by atoms with van der Waals surface area (Å²) in [6.07, 6.45) is 4.21. The molecule has 0 spiro atoms. The van der Waals surface area contributed by atoms with Crippen molar-refractivity contribution in [2.24, 2.45) is 0 Å². The van der Waals surface area contributed by atoms with Gasteiger partial charge in [0, 0.05) is 18.4 Å². The highest BCUT2D eigenvalue weighted by atomic mass is 79.9. The van der Waals surface area contributed by atoms with Gasteiger partial charge in [-0.3, -0.25) is 4.79 Å². The smallest absolute Gasteiger partial charge is 0.269 e. The third-order valence-electron chi connectivity index (χ3n) is 3.83. The summed E-state index contributed by atoms with van der Waals surface area (Å²) < 4.78 is 1.76. The van der Waals surface area contributed by atoms with Gasteiger partial charge in [0.25, 0.3) is 5.91 Å². The van der Waals surface area contributed by atoms with E-state index in [9.17, 15) is 4.79 Å². The summed E-state index contributed by atoms with van der Waals surface area (Å²) in [6.45, 7) is 3.31. The van der Waals surface area contributed by atoms with Crippen molar-refractivity contribution in [3.8, 4) is 0 Å². The van der Waals surface area contributed by atoms with E-state index in [0.717, 1.165) is 13.0 Å². The fraction of sp³-hybridized carbons (Fsp3) is 0.462. The van der Waals surface area contributed by atoms with E-state index in [2.05, 4.69) is 25.9 Å². The Labute approximate surface area is 153 Å². The van der Waals surface area contributed by atoms with E-state index in [4.69, 9.17) is 23.2 Å². The monoisotopic (exact) mass is 422 g/mol. The molecule has 0 aromatic carbocycles. The van der Waals surface area contributed by atoms with Gasteiger partial charge in [0.1, 0.15) is 5.69 Å². The predicted molar refractivity (Wildman–Crippen MR) is 93.7 cm³/mol. The highest BCUT2D eigenvalue weighted by Gasteiger charge is 2.30. The van der Waals surface area contributed by atoms with E-state index >= 15 is 0 Å². The summed E-state index contributed by atoms with van der Waals surface area (Å²) in [5, 5.41) is 14.8. The second-order valence-electron chi connectivity index (χ2n) is 5.28. The molecule has 3 rings (SSSR count). The largest absolute Gasteiger partial charge is 0.352 e. The lowest BCUT2D eigenvalue weighted by atomic mass is 10.0. The Morgan fingerprint density at radius 1 is 1.43 bits per heavy atom. The maximum absolute atomic E-state index is 12.5. The molecule has 1 fully saturated rings. The minimum Gasteiger partial charge on any atom is -0.352 e. The van der Waals surface area contributed by atoms with Gasteiger partial charge in [0.15, 0.2) is 0 Å². The molecule has 1 aliphatic rings. The summed E-state index contributed by atoms with van der Waals surface area (Å²) in [4.78, 5) is 15.4. The van der Waals surface area contributed by atoms with E-state index < -0.39 is 0 Å². The van der Waals surface area contributed by atoms with Crippen molar-refractivity contribution in [1.82, 2.24) is 30.6 Å². The summed E-state index contributed by atoms with van der Waals surface area (Å²) in [6, 6.07) is -0.0561. The lowest BCUT2D eigenvalue weighted by Gasteiger charge is -2.32. The van der Waals surface area contributed by atoms with Crippen molar-refractivity contribution < 1.29 is 4.79 Å². The van der Waals surface area contributed by atoms with Crippen LogP contribution < -0.4 is 10.6 Å². The molecule has 3 N–H and O–H groups in total. The van der Waals surface area contributed by atoms with Gasteiger partial charge < -0.3 is 15.6 Å². The first-order valence-electron chi connectivity index (χ1n) is 6.99. The van der Waals surface area contributed by atoms with Crippen molar-refractivity contribution >= 4 is 46.1 Å². The third-order valence-corrected chi connectivity index (χ3v) is 4.78. The number of rotatable bonds is 3. The Morgan fingerprint density at radius 2 is 2.22 bits per heavy atom. The number of nitrogens with zero attached hydrogens (tertiary/aromatic N) is 3. The Balaban J connectivity index is 0.00000192. The Morgan fingerprint density at radius 3 is 2.83 bits per heavy atom. The van der Waals surface area contributed by atoms with Crippen LogP contribution in [0.2, 0.25) is 10.0 Å². The van der Waals surface area contributed by atoms with Crippen LogP contribution in [0.4, 0.5) is 0 Å². The molecule has 2 atom stereocenters. The average molecular weight is 424 g/mol. The SMILES string of the molecule is Br.Cc1[nH]c(C(=O)N[C@@H]2CCNC[C@@H]2n2ccnn2)c(Cl)c1Cl. The van der Waals surface area contributed by atoms with Gasteiger partial charge in [-0.2, -0.15) is 0 Å². The molecule has 126 valence electrons. The standard InChI is InChI=1S/C13H16Cl2N6O.BrH/c1-7-10(14)11(15)12(18-7)13(22)19-8-2-3-16-6-9(8)21-5-4-17-20-21;/h4-5,8-9,16,18H,2-3,6H2,1H3,(H,19,22);1H/t8-,9+;/m1./s1. The van der Waals surface area contributed by atoms with Crippen LogP contribution in [0.5, 0.6) is 0 Å². The summed E-state index contributed by atoms with van der Waals surface area (Å²) in [7, 11) is 0. The van der Waals surface area contributed by atoms with Crippen LogP contribution in [0.3, 0.4) is 0 Å². The molecule has 7 nitrogen and oxygen atoms in total. The molecule has 10 heteroatoms. The van der Waals surface area contributed by atoms with Crippen LogP contribution in [0.25, 0.3) is 0 Å². The molecule has 3 heterocycles. The first-order valence-corrected chi connectivity index (χ1v) is 7.74. The van der Waals surface area contributed by atoms with Gasteiger partial charge in [-0.05, 0) is 19.9 Å². The predicted octanol–water partition coefficient (Wildman–Crippen LogP) is 2.13. The summed E-state index contributed by atoms with van der Waals surface area (Å²) >= 11 is 12.1.